The van der Waals surface area contributed by atoms with Gasteiger partial charge in [0.1, 0.15) is 12.4 Å². The molecule has 176 valence electrons. The number of carbonyl (C=O) groups excluding carboxylic acids is 2. The van der Waals surface area contributed by atoms with Crippen LogP contribution in [0, 0.1) is 0 Å². The quantitative estimate of drug-likeness (QED) is 0.336. The first kappa shape index (κ1) is 24.3. The molecule has 0 aliphatic rings. The smallest absolute Gasteiger partial charge is 0.251 e. The number of carbonyl (C=O) groups is 2. The average molecular weight is 462 g/mol. The number of hydrogen-bond acceptors (Lipinski definition) is 6. The molecule has 0 aromatic heterocycles. The summed E-state index contributed by atoms with van der Waals surface area (Å²) < 4.78 is 16.3. The summed E-state index contributed by atoms with van der Waals surface area (Å²) in [5.41, 5.74) is 4.73. The Morgan fingerprint density at radius 2 is 1.68 bits per heavy atom. The zero-order valence-corrected chi connectivity index (χ0v) is 19.1. The molecule has 0 heterocycles. The van der Waals surface area contributed by atoms with E-state index in [0.29, 0.717) is 29.4 Å². The van der Waals surface area contributed by atoms with Crippen LogP contribution in [0.5, 0.6) is 17.2 Å². The monoisotopic (exact) mass is 461 g/mol. The fourth-order valence-electron chi connectivity index (χ4n) is 2.99. The van der Waals surface area contributed by atoms with E-state index in [1.807, 2.05) is 36.4 Å². The van der Waals surface area contributed by atoms with E-state index >= 15 is 0 Å². The number of benzene rings is 3. The van der Waals surface area contributed by atoms with Gasteiger partial charge in [-0.1, -0.05) is 30.3 Å². The van der Waals surface area contributed by atoms with E-state index < -0.39 is 0 Å². The molecule has 0 aliphatic carbocycles. The van der Waals surface area contributed by atoms with Gasteiger partial charge in [0.05, 0.1) is 20.4 Å². The summed E-state index contributed by atoms with van der Waals surface area (Å²) in [7, 11) is 3.12. The first-order chi connectivity index (χ1) is 16.6. The third-order valence-corrected chi connectivity index (χ3v) is 4.82. The van der Waals surface area contributed by atoms with Crippen LogP contribution in [0.15, 0.2) is 77.9 Å². The van der Waals surface area contributed by atoms with Crippen molar-refractivity contribution in [1.29, 1.82) is 0 Å². The summed E-state index contributed by atoms with van der Waals surface area (Å²) in [5.74, 6) is 1.26. The van der Waals surface area contributed by atoms with Gasteiger partial charge in [-0.25, -0.2) is 5.43 Å². The first-order valence-electron chi connectivity index (χ1n) is 10.7. The van der Waals surface area contributed by atoms with Crippen molar-refractivity contribution in [2.75, 3.05) is 20.8 Å². The zero-order valence-electron chi connectivity index (χ0n) is 19.1. The van der Waals surface area contributed by atoms with Crippen LogP contribution in [-0.4, -0.2) is 38.8 Å². The van der Waals surface area contributed by atoms with Gasteiger partial charge >= 0.3 is 0 Å². The highest BCUT2D eigenvalue weighted by atomic mass is 16.5. The van der Waals surface area contributed by atoms with Gasteiger partial charge in [0, 0.05) is 18.5 Å². The number of ether oxygens (including phenoxy) is 3. The second-order valence-corrected chi connectivity index (χ2v) is 7.21. The Labute approximate surface area is 198 Å². The normalized spacial score (nSPS) is 10.5. The number of hydrazone groups is 1. The highest BCUT2D eigenvalue weighted by Gasteiger charge is 2.08. The van der Waals surface area contributed by atoms with E-state index in [2.05, 4.69) is 15.8 Å². The number of nitrogens with one attached hydrogen (secondary N) is 2. The molecular formula is C26H27N3O5. The Bertz CT molecular complexity index is 1120. The Balaban J connectivity index is 1.43. The van der Waals surface area contributed by atoms with Crippen LogP contribution < -0.4 is 25.0 Å². The van der Waals surface area contributed by atoms with Crippen LogP contribution in [-0.2, 0) is 11.4 Å². The van der Waals surface area contributed by atoms with Gasteiger partial charge in [-0.2, -0.15) is 5.10 Å². The largest absolute Gasteiger partial charge is 0.497 e. The Hall–Kier alpha value is -4.33. The summed E-state index contributed by atoms with van der Waals surface area (Å²) in [6.45, 7) is 0.614. The minimum absolute atomic E-state index is 0.0921. The summed E-state index contributed by atoms with van der Waals surface area (Å²) in [6.07, 6.45) is 1.60. The highest BCUT2D eigenvalue weighted by Crippen LogP contribution is 2.28. The van der Waals surface area contributed by atoms with Crippen LogP contribution in [0.1, 0.15) is 27.9 Å². The maximum atomic E-state index is 12.1. The molecule has 3 aromatic carbocycles. The van der Waals surface area contributed by atoms with Crippen molar-refractivity contribution in [3.05, 3.63) is 89.5 Å². The molecule has 0 saturated carbocycles. The molecular weight excluding hydrogens is 434 g/mol. The fourth-order valence-corrected chi connectivity index (χ4v) is 2.99. The zero-order chi connectivity index (χ0) is 24.2. The van der Waals surface area contributed by atoms with Gasteiger partial charge in [0.2, 0.25) is 5.91 Å². The standard InChI is InChI=1S/C26H27N3O5/c1-32-22-11-9-21(10-12-22)26(31)27-15-14-25(30)29-28-17-20-8-13-23(24(16-20)33-2)34-18-19-6-4-3-5-7-19/h3-13,16-17H,14-15,18H2,1-2H3,(H,27,31)(H,29,30). The van der Waals surface area contributed by atoms with Crippen LogP contribution in [0.4, 0.5) is 0 Å². The molecule has 34 heavy (non-hydrogen) atoms. The van der Waals surface area contributed by atoms with Crippen LogP contribution in [0.3, 0.4) is 0 Å². The maximum Gasteiger partial charge on any atom is 0.251 e. The van der Waals surface area contributed by atoms with Gasteiger partial charge in [-0.05, 0) is 53.6 Å². The van der Waals surface area contributed by atoms with Crippen LogP contribution in [0.2, 0.25) is 0 Å². The van der Waals surface area contributed by atoms with Crippen molar-refractivity contribution in [2.24, 2.45) is 5.10 Å². The molecule has 2 N–H and O–H groups in total. The van der Waals surface area contributed by atoms with E-state index in [1.165, 1.54) is 6.21 Å². The minimum atomic E-state index is -0.318. The molecule has 0 bridgehead atoms. The fraction of sp³-hybridized carbons (Fsp3) is 0.192. The third kappa shape index (κ3) is 7.37. The Kier molecular flexibility index (Phi) is 9.04. The van der Waals surface area contributed by atoms with Gasteiger partial charge in [0.15, 0.2) is 11.5 Å². The molecule has 0 fully saturated rings. The molecule has 3 aromatic rings. The molecule has 8 nitrogen and oxygen atoms in total. The van der Waals surface area contributed by atoms with Crippen molar-refractivity contribution in [3.8, 4) is 17.2 Å². The predicted molar refractivity (Wildman–Crippen MR) is 129 cm³/mol. The summed E-state index contributed by atoms with van der Waals surface area (Å²) in [6, 6.07) is 21.9. The van der Waals surface area contributed by atoms with E-state index in [1.54, 1.807) is 50.6 Å². The highest BCUT2D eigenvalue weighted by molar-refractivity contribution is 5.94. The number of amides is 2. The van der Waals surface area contributed by atoms with E-state index in [-0.39, 0.29) is 24.8 Å². The number of methoxy groups -OCH3 is 2. The van der Waals surface area contributed by atoms with E-state index in [9.17, 15) is 9.59 Å². The van der Waals surface area contributed by atoms with Crippen molar-refractivity contribution in [1.82, 2.24) is 10.7 Å². The molecule has 2 amide bonds. The molecule has 0 atom stereocenters. The minimum Gasteiger partial charge on any atom is -0.497 e. The lowest BCUT2D eigenvalue weighted by Gasteiger charge is -2.11. The second kappa shape index (κ2) is 12.6. The van der Waals surface area contributed by atoms with E-state index in [4.69, 9.17) is 14.2 Å². The van der Waals surface area contributed by atoms with Crippen molar-refractivity contribution in [3.63, 3.8) is 0 Å². The summed E-state index contributed by atoms with van der Waals surface area (Å²) in [5, 5.41) is 6.67. The number of hydrogen-bond donors (Lipinski definition) is 2. The van der Waals surface area contributed by atoms with Crippen LogP contribution in [0.25, 0.3) is 0 Å². The summed E-state index contributed by atoms with van der Waals surface area (Å²) >= 11 is 0. The second-order valence-electron chi connectivity index (χ2n) is 7.21. The third-order valence-electron chi connectivity index (χ3n) is 4.82. The number of nitrogens with zero attached hydrogens (tertiary/aromatic N) is 1. The molecule has 0 spiro atoms. The van der Waals surface area contributed by atoms with Gasteiger partial charge in [0.25, 0.3) is 5.91 Å². The van der Waals surface area contributed by atoms with Crippen molar-refractivity contribution >= 4 is 18.0 Å². The number of rotatable bonds is 11. The SMILES string of the molecule is COc1ccc(C(=O)NCCC(=O)NN=Cc2ccc(OCc3ccccc3)c(OC)c2)cc1. The predicted octanol–water partition coefficient (Wildman–Crippen LogP) is 3.55. The lowest BCUT2D eigenvalue weighted by Crippen LogP contribution is -2.29. The Morgan fingerprint density at radius 1 is 0.912 bits per heavy atom. The summed E-state index contributed by atoms with van der Waals surface area (Å²) in [4.78, 5) is 24.1. The topological polar surface area (TPSA) is 98.2 Å². The first-order valence-corrected chi connectivity index (χ1v) is 10.7. The molecule has 0 saturated heterocycles. The molecule has 0 unspecified atom stereocenters. The Morgan fingerprint density at radius 3 is 2.38 bits per heavy atom. The maximum absolute atomic E-state index is 12.1. The molecule has 0 radical (unpaired) electrons. The van der Waals surface area contributed by atoms with Crippen molar-refractivity contribution < 1.29 is 23.8 Å². The lowest BCUT2D eigenvalue weighted by atomic mass is 10.2. The molecule has 8 heteroatoms. The van der Waals surface area contributed by atoms with E-state index in [0.717, 1.165) is 11.1 Å². The molecule has 0 aliphatic heterocycles. The average Bonchev–Trinajstić information content (AvgIpc) is 2.88. The lowest BCUT2D eigenvalue weighted by molar-refractivity contribution is -0.120. The van der Waals surface area contributed by atoms with Crippen molar-refractivity contribution in [2.45, 2.75) is 13.0 Å². The van der Waals surface area contributed by atoms with Crippen LogP contribution >= 0.6 is 0 Å². The van der Waals surface area contributed by atoms with Gasteiger partial charge in [-0.3, -0.25) is 9.59 Å². The van der Waals surface area contributed by atoms with Gasteiger partial charge in [-0.15, -0.1) is 0 Å². The van der Waals surface area contributed by atoms with Gasteiger partial charge < -0.3 is 19.5 Å². The molecule has 3 rings (SSSR count).